The molecule has 6 heteroatoms. The van der Waals surface area contributed by atoms with Crippen LogP contribution in [0.15, 0.2) is 36.5 Å². The SMILES string of the molecule is CCOC(=O)c1cccnc1NCc1ccc(F)c(Cl)c1. The summed E-state index contributed by atoms with van der Waals surface area (Å²) >= 11 is 5.73. The van der Waals surface area contributed by atoms with Gasteiger partial charge in [-0.1, -0.05) is 17.7 Å². The highest BCUT2D eigenvalue weighted by Gasteiger charge is 2.13. The van der Waals surface area contributed by atoms with Gasteiger partial charge in [0.15, 0.2) is 0 Å². The molecule has 2 rings (SSSR count). The van der Waals surface area contributed by atoms with E-state index in [9.17, 15) is 9.18 Å². The molecule has 1 N–H and O–H groups in total. The van der Waals surface area contributed by atoms with Gasteiger partial charge in [-0.15, -0.1) is 0 Å². The number of benzene rings is 1. The molecule has 0 amide bonds. The van der Waals surface area contributed by atoms with Crippen LogP contribution >= 0.6 is 11.6 Å². The maximum atomic E-state index is 13.1. The monoisotopic (exact) mass is 308 g/mol. The fourth-order valence-corrected chi connectivity index (χ4v) is 1.96. The summed E-state index contributed by atoms with van der Waals surface area (Å²) in [6.07, 6.45) is 1.57. The first kappa shape index (κ1) is 15.3. The van der Waals surface area contributed by atoms with Crippen LogP contribution in [0.5, 0.6) is 0 Å². The number of halogens is 2. The van der Waals surface area contributed by atoms with Crippen molar-refractivity contribution in [1.29, 1.82) is 0 Å². The van der Waals surface area contributed by atoms with Gasteiger partial charge in [0.25, 0.3) is 0 Å². The van der Waals surface area contributed by atoms with E-state index in [4.69, 9.17) is 16.3 Å². The molecule has 0 atom stereocenters. The molecule has 0 radical (unpaired) electrons. The number of nitrogens with zero attached hydrogens (tertiary/aromatic N) is 1. The summed E-state index contributed by atoms with van der Waals surface area (Å²) in [6, 6.07) is 7.72. The molecule has 0 saturated carbocycles. The van der Waals surface area contributed by atoms with Crippen molar-refractivity contribution in [3.05, 3.63) is 58.5 Å². The van der Waals surface area contributed by atoms with Gasteiger partial charge in [-0.2, -0.15) is 0 Å². The van der Waals surface area contributed by atoms with E-state index in [1.807, 2.05) is 0 Å². The fraction of sp³-hybridized carbons (Fsp3) is 0.200. The summed E-state index contributed by atoms with van der Waals surface area (Å²) in [5, 5.41) is 3.08. The van der Waals surface area contributed by atoms with Crippen molar-refractivity contribution in [1.82, 2.24) is 4.98 Å². The average molecular weight is 309 g/mol. The minimum Gasteiger partial charge on any atom is -0.462 e. The Kier molecular flexibility index (Phi) is 5.11. The lowest BCUT2D eigenvalue weighted by atomic mass is 10.2. The number of pyridine rings is 1. The second-order valence-corrected chi connectivity index (χ2v) is 4.63. The minimum atomic E-state index is -0.467. The van der Waals surface area contributed by atoms with Gasteiger partial charge in [0.05, 0.1) is 11.6 Å². The van der Waals surface area contributed by atoms with Crippen LogP contribution in [0.2, 0.25) is 5.02 Å². The van der Waals surface area contributed by atoms with E-state index in [1.54, 1.807) is 31.3 Å². The van der Waals surface area contributed by atoms with Crippen molar-refractivity contribution in [2.24, 2.45) is 0 Å². The number of rotatable bonds is 5. The predicted octanol–water partition coefficient (Wildman–Crippen LogP) is 3.66. The van der Waals surface area contributed by atoms with Crippen molar-refractivity contribution < 1.29 is 13.9 Å². The lowest BCUT2D eigenvalue weighted by Crippen LogP contribution is -2.11. The largest absolute Gasteiger partial charge is 0.462 e. The number of esters is 1. The second-order valence-electron chi connectivity index (χ2n) is 4.22. The topological polar surface area (TPSA) is 51.2 Å². The first-order valence-corrected chi connectivity index (χ1v) is 6.79. The molecule has 4 nitrogen and oxygen atoms in total. The molecule has 1 aromatic carbocycles. The Labute approximate surface area is 126 Å². The summed E-state index contributed by atoms with van der Waals surface area (Å²) in [4.78, 5) is 15.9. The van der Waals surface area contributed by atoms with Crippen LogP contribution in [0.1, 0.15) is 22.8 Å². The number of aromatic nitrogens is 1. The zero-order valence-electron chi connectivity index (χ0n) is 11.4. The molecule has 0 fully saturated rings. The number of nitrogens with one attached hydrogen (secondary N) is 1. The van der Waals surface area contributed by atoms with Gasteiger partial charge in [-0.3, -0.25) is 0 Å². The molecule has 0 aliphatic heterocycles. The van der Waals surface area contributed by atoms with Gasteiger partial charge in [0, 0.05) is 12.7 Å². The zero-order valence-corrected chi connectivity index (χ0v) is 12.2. The van der Waals surface area contributed by atoms with Gasteiger partial charge in [0.1, 0.15) is 17.2 Å². The number of anilines is 1. The van der Waals surface area contributed by atoms with E-state index < -0.39 is 11.8 Å². The Bertz CT molecular complexity index is 649. The third kappa shape index (κ3) is 3.92. The predicted molar refractivity (Wildman–Crippen MR) is 78.9 cm³/mol. The van der Waals surface area contributed by atoms with E-state index in [2.05, 4.69) is 10.3 Å². The Morgan fingerprint density at radius 3 is 2.95 bits per heavy atom. The standard InChI is InChI=1S/C15H14ClFN2O2/c1-2-21-15(20)11-4-3-7-18-14(11)19-9-10-5-6-13(17)12(16)8-10/h3-8H,2,9H2,1H3,(H,18,19). The number of ether oxygens (including phenoxy) is 1. The van der Waals surface area contributed by atoms with Gasteiger partial charge >= 0.3 is 5.97 Å². The van der Waals surface area contributed by atoms with Gasteiger partial charge in [-0.25, -0.2) is 14.2 Å². The molecule has 1 heterocycles. The smallest absolute Gasteiger partial charge is 0.341 e. The third-order valence-corrected chi connectivity index (χ3v) is 3.04. The van der Waals surface area contributed by atoms with Crippen LogP contribution in [0.25, 0.3) is 0 Å². The molecule has 0 aliphatic rings. The first-order chi connectivity index (χ1) is 10.1. The van der Waals surface area contributed by atoms with Crippen LogP contribution in [0, 0.1) is 5.82 Å². The molecule has 0 unspecified atom stereocenters. The number of hydrogen-bond donors (Lipinski definition) is 1. The Balaban J connectivity index is 2.12. The zero-order chi connectivity index (χ0) is 15.2. The Hall–Kier alpha value is -2.14. The molecule has 0 saturated heterocycles. The van der Waals surface area contributed by atoms with Crippen LogP contribution < -0.4 is 5.32 Å². The van der Waals surface area contributed by atoms with E-state index in [1.165, 1.54) is 12.1 Å². The number of hydrogen-bond acceptors (Lipinski definition) is 4. The maximum absolute atomic E-state index is 13.1. The summed E-state index contributed by atoms with van der Waals surface area (Å²) < 4.78 is 18.1. The normalized spacial score (nSPS) is 10.2. The van der Waals surface area contributed by atoms with E-state index in [0.29, 0.717) is 24.5 Å². The van der Waals surface area contributed by atoms with Crippen LogP contribution in [-0.2, 0) is 11.3 Å². The quantitative estimate of drug-likeness (QED) is 0.856. The van der Waals surface area contributed by atoms with Crippen molar-refractivity contribution in [2.75, 3.05) is 11.9 Å². The molecule has 21 heavy (non-hydrogen) atoms. The molecule has 0 aliphatic carbocycles. The minimum absolute atomic E-state index is 0.0564. The highest BCUT2D eigenvalue weighted by molar-refractivity contribution is 6.30. The molecule has 1 aromatic heterocycles. The first-order valence-electron chi connectivity index (χ1n) is 6.41. The lowest BCUT2D eigenvalue weighted by molar-refractivity contribution is 0.0527. The van der Waals surface area contributed by atoms with E-state index in [-0.39, 0.29) is 5.02 Å². The van der Waals surface area contributed by atoms with Crippen molar-refractivity contribution >= 4 is 23.4 Å². The van der Waals surface area contributed by atoms with Gasteiger partial charge in [-0.05, 0) is 36.8 Å². The van der Waals surface area contributed by atoms with E-state index in [0.717, 1.165) is 5.56 Å². The van der Waals surface area contributed by atoms with Crippen molar-refractivity contribution in [2.45, 2.75) is 13.5 Å². The van der Waals surface area contributed by atoms with Crippen molar-refractivity contribution in [3.8, 4) is 0 Å². The average Bonchev–Trinajstić information content (AvgIpc) is 2.49. The van der Waals surface area contributed by atoms with Crippen LogP contribution in [0.3, 0.4) is 0 Å². The number of carbonyl (C=O) groups excluding carboxylic acids is 1. The molecule has 0 spiro atoms. The fourth-order valence-electron chi connectivity index (χ4n) is 1.76. The van der Waals surface area contributed by atoms with E-state index >= 15 is 0 Å². The highest BCUT2D eigenvalue weighted by atomic mass is 35.5. The van der Waals surface area contributed by atoms with Crippen molar-refractivity contribution in [3.63, 3.8) is 0 Å². The molecule has 110 valence electrons. The molecular formula is C15H14ClFN2O2. The highest BCUT2D eigenvalue weighted by Crippen LogP contribution is 2.18. The summed E-state index contributed by atoms with van der Waals surface area (Å²) in [5.41, 5.74) is 1.13. The Morgan fingerprint density at radius 1 is 1.43 bits per heavy atom. The van der Waals surface area contributed by atoms with Crippen LogP contribution in [0.4, 0.5) is 10.2 Å². The van der Waals surface area contributed by atoms with Gasteiger partial charge in [0.2, 0.25) is 0 Å². The summed E-state index contributed by atoms with van der Waals surface area (Å²) in [5.74, 6) is -0.493. The van der Waals surface area contributed by atoms with Gasteiger partial charge < -0.3 is 10.1 Å². The summed E-state index contributed by atoms with van der Waals surface area (Å²) in [6.45, 7) is 2.39. The maximum Gasteiger partial charge on any atom is 0.341 e. The Morgan fingerprint density at radius 2 is 2.24 bits per heavy atom. The lowest BCUT2D eigenvalue weighted by Gasteiger charge is -2.10. The third-order valence-electron chi connectivity index (χ3n) is 2.75. The van der Waals surface area contributed by atoms with Crippen LogP contribution in [-0.4, -0.2) is 17.6 Å². The number of carbonyl (C=O) groups is 1. The second kappa shape index (κ2) is 7.04. The molecule has 2 aromatic rings. The molecular weight excluding hydrogens is 295 g/mol. The molecule has 0 bridgehead atoms. The summed E-state index contributed by atoms with van der Waals surface area (Å²) in [7, 11) is 0.